The highest BCUT2D eigenvalue weighted by Crippen LogP contribution is 2.27. The maximum atomic E-state index is 11.7. The highest BCUT2D eigenvalue weighted by atomic mass is 16.1. The van der Waals surface area contributed by atoms with Crippen LogP contribution >= 0.6 is 0 Å². The molecule has 118 valence electrons. The number of hydrogen-bond acceptors (Lipinski definition) is 1. The summed E-state index contributed by atoms with van der Waals surface area (Å²) < 4.78 is 2.14. The van der Waals surface area contributed by atoms with Gasteiger partial charge in [0.1, 0.15) is 0 Å². The van der Waals surface area contributed by atoms with Crippen molar-refractivity contribution in [1.82, 2.24) is 4.57 Å². The monoisotopic (exact) mass is 305 g/mol. The Bertz CT molecular complexity index is 825. The Balaban J connectivity index is 2.07. The molecular formula is C21H23NO. The molecule has 3 rings (SSSR count). The molecule has 0 amide bonds. The van der Waals surface area contributed by atoms with E-state index in [1.54, 1.807) is 0 Å². The van der Waals surface area contributed by atoms with Gasteiger partial charge in [-0.3, -0.25) is 4.79 Å². The zero-order valence-corrected chi connectivity index (χ0v) is 14.0. The summed E-state index contributed by atoms with van der Waals surface area (Å²) in [6, 6.07) is 17.0. The molecule has 0 saturated carbocycles. The summed E-state index contributed by atoms with van der Waals surface area (Å²) in [7, 11) is 0. The SMILES string of the molecule is CCc1c(C=O)n(Cc2ccc(C(C)C)cc2)c2ccccc12. The number of fused-ring (bicyclic) bond motifs is 1. The lowest BCUT2D eigenvalue weighted by Crippen LogP contribution is -2.05. The van der Waals surface area contributed by atoms with Gasteiger partial charge in [0.15, 0.2) is 6.29 Å². The standard InChI is InChI=1S/C21H23NO/c1-4-18-19-7-5-6-8-20(19)22(21(18)14-23)13-16-9-11-17(12-10-16)15(2)3/h5-12,14-15H,4,13H2,1-3H3. The van der Waals surface area contributed by atoms with Crippen LogP contribution in [0.4, 0.5) is 0 Å². The van der Waals surface area contributed by atoms with Crippen LogP contribution < -0.4 is 0 Å². The lowest BCUT2D eigenvalue weighted by molar-refractivity contribution is 0.111. The van der Waals surface area contributed by atoms with E-state index >= 15 is 0 Å². The van der Waals surface area contributed by atoms with Crippen molar-refractivity contribution in [2.24, 2.45) is 0 Å². The first kappa shape index (κ1) is 15.5. The van der Waals surface area contributed by atoms with Gasteiger partial charge in [-0.15, -0.1) is 0 Å². The Morgan fingerprint density at radius 2 is 1.74 bits per heavy atom. The van der Waals surface area contributed by atoms with Crippen molar-refractivity contribution in [3.63, 3.8) is 0 Å². The smallest absolute Gasteiger partial charge is 0.166 e. The number of rotatable bonds is 5. The fourth-order valence-electron chi connectivity index (χ4n) is 3.26. The van der Waals surface area contributed by atoms with Crippen LogP contribution in [-0.2, 0) is 13.0 Å². The maximum Gasteiger partial charge on any atom is 0.166 e. The predicted molar refractivity (Wildman–Crippen MR) is 96.3 cm³/mol. The lowest BCUT2D eigenvalue weighted by Gasteiger charge is -2.10. The van der Waals surface area contributed by atoms with Gasteiger partial charge in [-0.2, -0.15) is 0 Å². The van der Waals surface area contributed by atoms with Crippen LogP contribution in [0.25, 0.3) is 10.9 Å². The molecule has 0 N–H and O–H groups in total. The van der Waals surface area contributed by atoms with E-state index in [1.807, 2.05) is 12.1 Å². The third-order valence-electron chi connectivity index (χ3n) is 4.57. The summed E-state index contributed by atoms with van der Waals surface area (Å²) >= 11 is 0. The number of nitrogens with zero attached hydrogens (tertiary/aromatic N) is 1. The molecule has 2 nitrogen and oxygen atoms in total. The number of carbonyl (C=O) groups excluding carboxylic acids is 1. The number of hydrogen-bond donors (Lipinski definition) is 0. The zero-order chi connectivity index (χ0) is 16.4. The lowest BCUT2D eigenvalue weighted by atomic mass is 10.0. The quantitative estimate of drug-likeness (QED) is 0.595. The van der Waals surface area contributed by atoms with Crippen molar-refractivity contribution in [3.8, 4) is 0 Å². The van der Waals surface area contributed by atoms with E-state index in [1.165, 1.54) is 16.5 Å². The van der Waals surface area contributed by atoms with E-state index in [4.69, 9.17) is 0 Å². The molecule has 0 saturated heterocycles. The Morgan fingerprint density at radius 1 is 1.04 bits per heavy atom. The van der Waals surface area contributed by atoms with E-state index in [2.05, 4.69) is 61.7 Å². The molecule has 0 spiro atoms. The highest BCUT2D eigenvalue weighted by molar-refractivity contribution is 5.93. The summed E-state index contributed by atoms with van der Waals surface area (Å²) in [4.78, 5) is 11.7. The highest BCUT2D eigenvalue weighted by Gasteiger charge is 2.15. The second kappa shape index (κ2) is 6.41. The van der Waals surface area contributed by atoms with Crippen molar-refractivity contribution in [1.29, 1.82) is 0 Å². The molecule has 0 unspecified atom stereocenters. The first-order chi connectivity index (χ1) is 11.2. The van der Waals surface area contributed by atoms with Gasteiger partial charge in [0.2, 0.25) is 0 Å². The molecule has 3 aromatic rings. The second-order valence-electron chi connectivity index (χ2n) is 6.33. The molecule has 0 fully saturated rings. The van der Waals surface area contributed by atoms with Gasteiger partial charge in [0.05, 0.1) is 5.69 Å². The summed E-state index contributed by atoms with van der Waals surface area (Å²) in [6.45, 7) is 7.24. The molecule has 2 aromatic carbocycles. The Morgan fingerprint density at radius 3 is 2.35 bits per heavy atom. The average Bonchev–Trinajstić information content (AvgIpc) is 2.88. The van der Waals surface area contributed by atoms with Crippen molar-refractivity contribution in [2.75, 3.05) is 0 Å². The number of aromatic nitrogens is 1. The summed E-state index contributed by atoms with van der Waals surface area (Å²) in [5.41, 5.74) is 5.66. The van der Waals surface area contributed by atoms with E-state index < -0.39 is 0 Å². The average molecular weight is 305 g/mol. The molecule has 0 aliphatic rings. The van der Waals surface area contributed by atoms with Crippen LogP contribution in [0, 0.1) is 0 Å². The van der Waals surface area contributed by atoms with Gasteiger partial charge < -0.3 is 4.57 Å². The fourth-order valence-corrected chi connectivity index (χ4v) is 3.26. The minimum Gasteiger partial charge on any atom is -0.334 e. The molecule has 0 bridgehead atoms. The van der Waals surface area contributed by atoms with Crippen LogP contribution in [0.15, 0.2) is 48.5 Å². The van der Waals surface area contributed by atoms with Crippen LogP contribution in [0.1, 0.15) is 53.9 Å². The summed E-state index contributed by atoms with van der Waals surface area (Å²) in [5, 5.41) is 1.19. The maximum absolute atomic E-state index is 11.7. The summed E-state index contributed by atoms with van der Waals surface area (Å²) in [5.74, 6) is 0.536. The van der Waals surface area contributed by atoms with Crippen molar-refractivity contribution >= 4 is 17.2 Å². The van der Waals surface area contributed by atoms with Crippen molar-refractivity contribution in [3.05, 3.63) is 70.9 Å². The van der Waals surface area contributed by atoms with Gasteiger partial charge in [0, 0.05) is 17.4 Å². The minimum absolute atomic E-state index is 0.536. The first-order valence-electron chi connectivity index (χ1n) is 8.29. The number of carbonyl (C=O) groups is 1. The molecule has 1 heterocycles. The largest absolute Gasteiger partial charge is 0.334 e. The Labute approximate surface area is 137 Å². The van der Waals surface area contributed by atoms with Crippen LogP contribution in [0.5, 0.6) is 0 Å². The van der Waals surface area contributed by atoms with Gasteiger partial charge in [0.25, 0.3) is 0 Å². The van der Waals surface area contributed by atoms with Crippen molar-refractivity contribution in [2.45, 2.75) is 39.7 Å². The molecule has 0 aliphatic heterocycles. The van der Waals surface area contributed by atoms with E-state index in [9.17, 15) is 4.79 Å². The Hall–Kier alpha value is -2.35. The number of aldehydes is 1. The molecule has 23 heavy (non-hydrogen) atoms. The van der Waals surface area contributed by atoms with Crippen LogP contribution in [-0.4, -0.2) is 10.9 Å². The molecular weight excluding hydrogens is 282 g/mol. The normalized spacial score (nSPS) is 11.3. The van der Waals surface area contributed by atoms with Gasteiger partial charge >= 0.3 is 0 Å². The number of aryl methyl sites for hydroxylation is 1. The predicted octanol–water partition coefficient (Wildman–Crippen LogP) is 5.19. The van der Waals surface area contributed by atoms with Crippen LogP contribution in [0.3, 0.4) is 0 Å². The van der Waals surface area contributed by atoms with E-state index in [0.29, 0.717) is 5.92 Å². The Kier molecular flexibility index (Phi) is 4.33. The number of benzene rings is 2. The van der Waals surface area contributed by atoms with Gasteiger partial charge in [-0.1, -0.05) is 63.2 Å². The first-order valence-corrected chi connectivity index (χ1v) is 8.29. The molecule has 0 radical (unpaired) electrons. The van der Waals surface area contributed by atoms with Gasteiger partial charge in [-0.05, 0) is 35.1 Å². The third kappa shape index (κ3) is 2.81. The van der Waals surface area contributed by atoms with Crippen LogP contribution in [0.2, 0.25) is 0 Å². The molecule has 2 heteroatoms. The zero-order valence-electron chi connectivity index (χ0n) is 14.0. The molecule has 0 atom stereocenters. The molecule has 0 aliphatic carbocycles. The second-order valence-corrected chi connectivity index (χ2v) is 6.33. The molecule has 1 aromatic heterocycles. The topological polar surface area (TPSA) is 22.0 Å². The van der Waals surface area contributed by atoms with Gasteiger partial charge in [-0.25, -0.2) is 0 Å². The minimum atomic E-state index is 0.536. The number of para-hydroxylation sites is 1. The summed E-state index contributed by atoms with van der Waals surface area (Å²) in [6.07, 6.45) is 1.87. The van der Waals surface area contributed by atoms with E-state index in [0.717, 1.165) is 36.0 Å². The van der Waals surface area contributed by atoms with Crippen molar-refractivity contribution < 1.29 is 4.79 Å². The third-order valence-corrected chi connectivity index (χ3v) is 4.57. The fraction of sp³-hybridized carbons (Fsp3) is 0.286. The van der Waals surface area contributed by atoms with E-state index in [-0.39, 0.29) is 0 Å².